The number of hydrogen-bond donors (Lipinski definition) is 1. The fourth-order valence-corrected chi connectivity index (χ4v) is 2.31. The number of anilines is 1. The molecule has 8 nitrogen and oxygen atoms in total. The molecule has 0 bridgehead atoms. The molecular weight excluding hydrogens is 350 g/mol. The predicted molar refractivity (Wildman–Crippen MR) is 97.4 cm³/mol. The van der Waals surface area contributed by atoms with Crippen molar-refractivity contribution in [3.63, 3.8) is 0 Å². The summed E-state index contributed by atoms with van der Waals surface area (Å²) in [6.45, 7) is -0.0621. The average molecular weight is 365 g/mol. The van der Waals surface area contributed by atoms with Crippen LogP contribution in [0.3, 0.4) is 0 Å². The highest BCUT2D eigenvalue weighted by Crippen LogP contribution is 2.26. The van der Waals surface area contributed by atoms with E-state index in [1.807, 2.05) is 0 Å². The van der Waals surface area contributed by atoms with Gasteiger partial charge in [0.05, 0.1) is 16.7 Å². The summed E-state index contributed by atoms with van der Waals surface area (Å²) >= 11 is 0. The number of nitrogens with two attached hydrogens (primary N) is 1. The van der Waals surface area contributed by atoms with Crippen molar-refractivity contribution >= 4 is 17.3 Å². The third kappa shape index (κ3) is 4.37. The number of esters is 1. The van der Waals surface area contributed by atoms with Crippen LogP contribution in [-0.2, 0) is 11.3 Å². The van der Waals surface area contributed by atoms with Crippen LogP contribution in [0.25, 0.3) is 0 Å². The number of nitrogen functional groups attached to an aromatic ring is 1. The van der Waals surface area contributed by atoms with E-state index < -0.39 is 10.9 Å². The van der Waals surface area contributed by atoms with E-state index in [1.165, 1.54) is 12.1 Å². The Morgan fingerprint density at radius 3 is 2.70 bits per heavy atom. The summed E-state index contributed by atoms with van der Waals surface area (Å²) < 4.78 is 11.0. The third-order valence-corrected chi connectivity index (χ3v) is 3.66. The fourth-order valence-electron chi connectivity index (χ4n) is 2.31. The van der Waals surface area contributed by atoms with E-state index in [0.29, 0.717) is 17.1 Å². The van der Waals surface area contributed by atoms with Crippen LogP contribution in [0.2, 0.25) is 0 Å². The summed E-state index contributed by atoms with van der Waals surface area (Å²) in [5.74, 6) is 0.362. The van der Waals surface area contributed by atoms with Crippen LogP contribution in [0.1, 0.15) is 15.9 Å². The molecule has 0 spiro atoms. The minimum atomic E-state index is -0.700. The van der Waals surface area contributed by atoms with Crippen LogP contribution >= 0.6 is 0 Å². The molecule has 8 heteroatoms. The van der Waals surface area contributed by atoms with Gasteiger partial charge in [0.1, 0.15) is 23.8 Å². The van der Waals surface area contributed by atoms with Crippen molar-refractivity contribution in [3.8, 4) is 11.5 Å². The molecule has 136 valence electrons. The molecular formula is C19H15N3O5. The Labute approximate surface area is 154 Å². The molecule has 0 atom stereocenters. The first-order chi connectivity index (χ1) is 13.0. The molecule has 3 aromatic rings. The Hall–Kier alpha value is -3.94. The molecule has 0 aliphatic carbocycles. The van der Waals surface area contributed by atoms with E-state index in [1.54, 1.807) is 48.8 Å². The number of ether oxygens (including phenoxy) is 2. The monoisotopic (exact) mass is 365 g/mol. The predicted octanol–water partition coefficient (Wildman–Crippen LogP) is 3.72. The molecule has 27 heavy (non-hydrogen) atoms. The highest BCUT2D eigenvalue weighted by molar-refractivity contribution is 5.91. The number of benzene rings is 2. The van der Waals surface area contributed by atoms with Gasteiger partial charge in [0, 0.05) is 17.8 Å². The summed E-state index contributed by atoms with van der Waals surface area (Å²) in [6, 6.07) is 14.3. The molecule has 0 aliphatic rings. The van der Waals surface area contributed by atoms with Gasteiger partial charge in [-0.1, -0.05) is 18.2 Å². The lowest BCUT2D eigenvalue weighted by atomic mass is 10.1. The molecule has 0 amide bonds. The zero-order valence-corrected chi connectivity index (χ0v) is 14.1. The fraction of sp³-hybridized carbons (Fsp3) is 0.0526. The zero-order chi connectivity index (χ0) is 19.2. The van der Waals surface area contributed by atoms with Gasteiger partial charge in [-0.2, -0.15) is 0 Å². The van der Waals surface area contributed by atoms with Crippen molar-refractivity contribution < 1.29 is 19.2 Å². The number of aromatic nitrogens is 1. The number of carbonyl (C=O) groups is 1. The van der Waals surface area contributed by atoms with Crippen molar-refractivity contribution in [1.82, 2.24) is 4.98 Å². The van der Waals surface area contributed by atoms with E-state index in [-0.39, 0.29) is 23.5 Å². The molecule has 1 aromatic heterocycles. The van der Waals surface area contributed by atoms with Gasteiger partial charge in [-0.05, 0) is 30.3 Å². The number of hydrogen-bond acceptors (Lipinski definition) is 7. The number of nitro benzene ring substituents is 1. The molecule has 2 aromatic carbocycles. The zero-order valence-electron chi connectivity index (χ0n) is 14.1. The number of pyridine rings is 1. The highest BCUT2D eigenvalue weighted by atomic mass is 16.6. The van der Waals surface area contributed by atoms with E-state index in [2.05, 4.69) is 4.98 Å². The SMILES string of the molecule is Nc1ccc(C(=O)OCc2ccccc2Oc2cccnc2)cc1[N+](=O)[O-]. The molecule has 2 N–H and O–H groups in total. The maximum absolute atomic E-state index is 12.2. The standard InChI is InChI=1S/C19H15N3O5/c20-16-8-7-13(10-17(16)22(24)25)19(23)26-12-14-4-1-2-6-18(14)27-15-5-3-9-21-11-15/h1-11H,12,20H2. The molecule has 0 fully saturated rings. The van der Waals surface area contributed by atoms with Crippen LogP contribution in [0.15, 0.2) is 67.0 Å². The van der Waals surface area contributed by atoms with E-state index in [9.17, 15) is 14.9 Å². The minimum absolute atomic E-state index is 0.0215. The van der Waals surface area contributed by atoms with Crippen molar-refractivity contribution in [1.29, 1.82) is 0 Å². The van der Waals surface area contributed by atoms with Crippen LogP contribution in [0, 0.1) is 10.1 Å². The lowest BCUT2D eigenvalue weighted by Gasteiger charge is -2.11. The average Bonchev–Trinajstić information content (AvgIpc) is 2.68. The van der Waals surface area contributed by atoms with E-state index >= 15 is 0 Å². The van der Waals surface area contributed by atoms with Gasteiger partial charge >= 0.3 is 5.97 Å². The highest BCUT2D eigenvalue weighted by Gasteiger charge is 2.17. The molecule has 0 unspecified atom stereocenters. The first kappa shape index (κ1) is 17.9. The summed E-state index contributed by atoms with van der Waals surface area (Å²) in [6.07, 6.45) is 3.20. The second kappa shape index (κ2) is 7.96. The summed E-state index contributed by atoms with van der Waals surface area (Å²) in [5, 5.41) is 10.9. The lowest BCUT2D eigenvalue weighted by Crippen LogP contribution is -2.07. The minimum Gasteiger partial charge on any atom is -0.457 e. The van der Waals surface area contributed by atoms with E-state index in [4.69, 9.17) is 15.2 Å². The van der Waals surface area contributed by atoms with Crippen molar-refractivity contribution in [2.75, 3.05) is 5.73 Å². The maximum atomic E-state index is 12.2. The van der Waals surface area contributed by atoms with Gasteiger partial charge < -0.3 is 15.2 Å². The Balaban J connectivity index is 1.73. The van der Waals surface area contributed by atoms with E-state index in [0.717, 1.165) is 6.07 Å². The normalized spacial score (nSPS) is 10.2. The molecule has 0 radical (unpaired) electrons. The van der Waals surface area contributed by atoms with Crippen LogP contribution < -0.4 is 10.5 Å². The smallest absolute Gasteiger partial charge is 0.338 e. The topological polar surface area (TPSA) is 118 Å². The number of carbonyl (C=O) groups excluding carboxylic acids is 1. The van der Waals surface area contributed by atoms with Gasteiger partial charge in [-0.3, -0.25) is 15.1 Å². The lowest BCUT2D eigenvalue weighted by molar-refractivity contribution is -0.383. The number of nitro groups is 1. The Kier molecular flexibility index (Phi) is 5.27. The van der Waals surface area contributed by atoms with Gasteiger partial charge in [-0.25, -0.2) is 4.79 Å². The second-order valence-corrected chi connectivity index (χ2v) is 5.51. The molecule has 3 rings (SSSR count). The molecule has 1 heterocycles. The molecule has 0 saturated heterocycles. The summed E-state index contributed by atoms with van der Waals surface area (Å²) in [5.41, 5.74) is 5.85. The maximum Gasteiger partial charge on any atom is 0.338 e. The third-order valence-electron chi connectivity index (χ3n) is 3.66. The Bertz CT molecular complexity index is 976. The molecule has 0 aliphatic heterocycles. The second-order valence-electron chi connectivity index (χ2n) is 5.51. The summed E-state index contributed by atoms with van der Waals surface area (Å²) in [4.78, 5) is 26.5. The number of nitrogens with zero attached hydrogens (tertiary/aromatic N) is 2. The first-order valence-electron chi connectivity index (χ1n) is 7.91. The van der Waals surface area contributed by atoms with Gasteiger partial charge in [0.2, 0.25) is 0 Å². The van der Waals surface area contributed by atoms with Crippen molar-refractivity contribution in [3.05, 3.63) is 88.2 Å². The number of rotatable bonds is 6. The van der Waals surface area contributed by atoms with Crippen LogP contribution in [0.4, 0.5) is 11.4 Å². The Morgan fingerprint density at radius 2 is 1.96 bits per heavy atom. The van der Waals surface area contributed by atoms with Crippen molar-refractivity contribution in [2.45, 2.75) is 6.61 Å². The van der Waals surface area contributed by atoms with Crippen LogP contribution in [0.5, 0.6) is 11.5 Å². The van der Waals surface area contributed by atoms with Crippen LogP contribution in [-0.4, -0.2) is 15.9 Å². The summed E-state index contributed by atoms with van der Waals surface area (Å²) in [7, 11) is 0. The Morgan fingerprint density at radius 1 is 1.15 bits per heavy atom. The van der Waals surface area contributed by atoms with Gasteiger partial charge in [-0.15, -0.1) is 0 Å². The largest absolute Gasteiger partial charge is 0.457 e. The number of para-hydroxylation sites is 1. The van der Waals surface area contributed by atoms with Gasteiger partial charge in [0.25, 0.3) is 5.69 Å². The molecule has 0 saturated carbocycles. The van der Waals surface area contributed by atoms with Gasteiger partial charge in [0.15, 0.2) is 0 Å². The van der Waals surface area contributed by atoms with Crippen molar-refractivity contribution in [2.24, 2.45) is 0 Å². The quantitative estimate of drug-likeness (QED) is 0.306. The first-order valence-corrected chi connectivity index (χ1v) is 7.91.